The molecule has 0 saturated carbocycles. The maximum absolute atomic E-state index is 11.9. The maximum atomic E-state index is 11.9. The molecule has 4 nitrogen and oxygen atoms in total. The molecule has 18 heavy (non-hydrogen) atoms. The lowest BCUT2D eigenvalue weighted by atomic mass is 10.2. The summed E-state index contributed by atoms with van der Waals surface area (Å²) < 4.78 is 35.6. The van der Waals surface area contributed by atoms with Crippen molar-refractivity contribution in [3.63, 3.8) is 0 Å². The highest BCUT2D eigenvalue weighted by atomic mass is 32.2. The summed E-state index contributed by atoms with van der Waals surface area (Å²) in [5.41, 5.74) is 1.02. The van der Waals surface area contributed by atoms with Gasteiger partial charge in [0.25, 0.3) is 10.0 Å². The van der Waals surface area contributed by atoms with Crippen molar-refractivity contribution in [2.45, 2.75) is 11.8 Å². The zero-order valence-electron chi connectivity index (χ0n) is 9.92. The summed E-state index contributed by atoms with van der Waals surface area (Å²) in [5.74, 6) is 0. The Balaban J connectivity index is 0.000000771. The quantitative estimate of drug-likeness (QED) is 0.944. The lowest BCUT2D eigenvalue weighted by molar-refractivity contribution is 0.601. The van der Waals surface area contributed by atoms with Gasteiger partial charge in [0.15, 0.2) is 5.13 Å². The van der Waals surface area contributed by atoms with Crippen LogP contribution in [0.25, 0.3) is 0 Å². The smallest absolute Gasteiger partial charge is 0.255 e. The molecule has 1 heterocycles. The molecule has 2 rings (SSSR count). The Kier molecular flexibility index (Phi) is 5.24. The highest BCUT2D eigenvalue weighted by Crippen LogP contribution is 2.17. The number of hydrogen-bond donors (Lipinski definition) is 1. The first-order chi connectivity index (χ1) is 8.58. The number of nitrogens with one attached hydrogen (secondary N) is 1. The molecule has 0 atom stereocenters. The third-order valence-electron chi connectivity index (χ3n) is 1.99. The zero-order valence-corrected chi connectivity index (χ0v) is 11.6. The Bertz CT molecular complexity index is 566. The fourth-order valence-corrected chi connectivity index (χ4v) is 2.95. The summed E-state index contributed by atoms with van der Waals surface area (Å²) in [6.45, 7) is 1.91. The van der Waals surface area contributed by atoms with E-state index in [1.165, 1.54) is 11.3 Å². The van der Waals surface area contributed by atoms with E-state index in [0.717, 1.165) is 5.56 Å². The average Bonchev–Trinajstić information content (AvgIpc) is 2.84. The molecule has 0 aliphatic heterocycles. The molecule has 0 radical (unpaired) electrons. The first-order valence-corrected chi connectivity index (χ1v) is 7.31. The molecule has 0 saturated heterocycles. The summed E-state index contributed by atoms with van der Waals surface area (Å²) in [7, 11) is -3.00. The Morgan fingerprint density at radius 1 is 1.22 bits per heavy atom. The van der Waals surface area contributed by atoms with Gasteiger partial charge in [0.1, 0.15) is 0 Å². The number of rotatable bonds is 3. The van der Waals surface area contributed by atoms with E-state index in [0.29, 0.717) is 12.3 Å². The van der Waals surface area contributed by atoms with Crippen molar-refractivity contribution < 1.29 is 12.8 Å². The molecule has 98 valence electrons. The molecule has 2 aromatic rings. The molecular formula is C11H13FN2O2S2. The van der Waals surface area contributed by atoms with Crippen molar-refractivity contribution in [3.8, 4) is 0 Å². The molecule has 0 aliphatic carbocycles. The summed E-state index contributed by atoms with van der Waals surface area (Å²) in [4.78, 5) is 4.12. The molecule has 0 amide bonds. The van der Waals surface area contributed by atoms with Crippen molar-refractivity contribution in [2.75, 3.05) is 11.9 Å². The van der Waals surface area contributed by atoms with Crippen LogP contribution in [-0.4, -0.2) is 20.6 Å². The minimum Gasteiger partial charge on any atom is -0.255 e. The number of sulfonamides is 1. The van der Waals surface area contributed by atoms with Crippen LogP contribution in [0, 0.1) is 6.92 Å². The number of benzene rings is 1. The van der Waals surface area contributed by atoms with Crippen LogP contribution in [0.15, 0.2) is 40.7 Å². The molecule has 1 aromatic heterocycles. The van der Waals surface area contributed by atoms with Gasteiger partial charge in [0, 0.05) is 11.6 Å². The number of halogens is 1. The third-order valence-corrected chi connectivity index (χ3v) is 4.16. The average molecular weight is 288 g/mol. The van der Waals surface area contributed by atoms with Gasteiger partial charge in [-0.2, -0.15) is 0 Å². The third kappa shape index (κ3) is 3.78. The summed E-state index contributed by atoms with van der Waals surface area (Å²) in [6.07, 6.45) is 1.55. The van der Waals surface area contributed by atoms with Crippen LogP contribution in [0.4, 0.5) is 9.52 Å². The number of thiazole rings is 1. The van der Waals surface area contributed by atoms with E-state index < -0.39 is 10.0 Å². The SMILES string of the molecule is CF.Cc1ccc(S(=O)(=O)Nc2nccs2)cc1. The van der Waals surface area contributed by atoms with Crippen LogP contribution in [0.5, 0.6) is 0 Å². The highest BCUT2D eigenvalue weighted by molar-refractivity contribution is 7.93. The fourth-order valence-electron chi connectivity index (χ4n) is 1.17. The van der Waals surface area contributed by atoms with Gasteiger partial charge in [-0.05, 0) is 19.1 Å². The fraction of sp³-hybridized carbons (Fsp3) is 0.182. The van der Waals surface area contributed by atoms with Crippen LogP contribution in [0.3, 0.4) is 0 Å². The Hall–Kier alpha value is -1.47. The second-order valence-corrected chi connectivity index (χ2v) is 5.83. The number of hydrogen-bond acceptors (Lipinski definition) is 4. The second kappa shape index (κ2) is 6.46. The maximum Gasteiger partial charge on any atom is 0.263 e. The lowest BCUT2D eigenvalue weighted by Crippen LogP contribution is -2.12. The van der Waals surface area contributed by atoms with Crippen molar-refractivity contribution in [1.29, 1.82) is 0 Å². The molecule has 7 heteroatoms. The van der Waals surface area contributed by atoms with Crippen molar-refractivity contribution in [3.05, 3.63) is 41.4 Å². The minimum atomic E-state index is -3.50. The van der Waals surface area contributed by atoms with Crippen LogP contribution in [0.2, 0.25) is 0 Å². The number of anilines is 1. The van der Waals surface area contributed by atoms with E-state index in [2.05, 4.69) is 9.71 Å². The summed E-state index contributed by atoms with van der Waals surface area (Å²) >= 11 is 1.25. The Morgan fingerprint density at radius 3 is 2.33 bits per heavy atom. The predicted octanol–water partition coefficient (Wildman–Crippen LogP) is 2.84. The Morgan fingerprint density at radius 2 is 1.83 bits per heavy atom. The monoisotopic (exact) mass is 288 g/mol. The largest absolute Gasteiger partial charge is 0.263 e. The van der Waals surface area contributed by atoms with E-state index in [1.807, 2.05) is 6.92 Å². The van der Waals surface area contributed by atoms with Crippen molar-refractivity contribution in [2.24, 2.45) is 0 Å². The van der Waals surface area contributed by atoms with Gasteiger partial charge in [0.2, 0.25) is 0 Å². The normalized spacial score (nSPS) is 10.4. The molecule has 0 aliphatic rings. The number of aromatic nitrogens is 1. The van der Waals surface area contributed by atoms with Crippen LogP contribution >= 0.6 is 11.3 Å². The van der Waals surface area contributed by atoms with Crippen molar-refractivity contribution in [1.82, 2.24) is 4.98 Å². The summed E-state index contributed by atoms with van der Waals surface area (Å²) in [6, 6.07) is 6.67. The standard InChI is InChI=1S/C10H10N2O2S2.CH3F/c1-8-2-4-9(5-3-8)16(13,14)12-10-11-6-7-15-10;1-2/h2-7H,1H3,(H,11,12);1H3. The lowest BCUT2D eigenvalue weighted by Gasteiger charge is -2.04. The molecule has 1 N–H and O–H groups in total. The first-order valence-electron chi connectivity index (χ1n) is 4.95. The van der Waals surface area contributed by atoms with Gasteiger partial charge in [-0.1, -0.05) is 17.7 Å². The second-order valence-electron chi connectivity index (χ2n) is 3.26. The minimum absolute atomic E-state index is 0.244. The van der Waals surface area contributed by atoms with Gasteiger partial charge in [0.05, 0.1) is 12.1 Å². The predicted molar refractivity (Wildman–Crippen MR) is 71.1 cm³/mol. The van der Waals surface area contributed by atoms with Gasteiger partial charge < -0.3 is 0 Å². The van der Waals surface area contributed by atoms with Gasteiger partial charge in [-0.25, -0.2) is 13.4 Å². The Labute approximate surface area is 110 Å². The molecular weight excluding hydrogens is 275 g/mol. The molecule has 1 aromatic carbocycles. The number of nitrogens with zero attached hydrogens (tertiary/aromatic N) is 1. The van der Waals surface area contributed by atoms with E-state index in [-0.39, 0.29) is 4.90 Å². The van der Waals surface area contributed by atoms with Crippen molar-refractivity contribution >= 4 is 26.5 Å². The van der Waals surface area contributed by atoms with Gasteiger partial charge in [-0.3, -0.25) is 9.11 Å². The van der Waals surface area contributed by atoms with Gasteiger partial charge >= 0.3 is 0 Å². The van der Waals surface area contributed by atoms with Crippen LogP contribution < -0.4 is 4.72 Å². The number of alkyl halides is 1. The molecule has 0 bridgehead atoms. The molecule has 0 spiro atoms. The highest BCUT2D eigenvalue weighted by Gasteiger charge is 2.14. The molecule has 0 unspecified atom stereocenters. The van der Waals surface area contributed by atoms with Gasteiger partial charge in [-0.15, -0.1) is 11.3 Å². The zero-order chi connectivity index (χ0) is 13.6. The summed E-state index contributed by atoms with van der Waals surface area (Å²) in [5, 5.41) is 2.09. The number of aryl methyl sites for hydroxylation is 1. The van der Waals surface area contributed by atoms with E-state index in [1.54, 1.807) is 35.8 Å². The van der Waals surface area contributed by atoms with E-state index >= 15 is 0 Å². The van der Waals surface area contributed by atoms with Crippen LogP contribution in [0.1, 0.15) is 5.56 Å². The topological polar surface area (TPSA) is 59.1 Å². The first kappa shape index (κ1) is 14.6. The molecule has 0 fully saturated rings. The van der Waals surface area contributed by atoms with Crippen LogP contribution in [-0.2, 0) is 10.0 Å². The van der Waals surface area contributed by atoms with E-state index in [9.17, 15) is 12.8 Å². The van der Waals surface area contributed by atoms with E-state index in [4.69, 9.17) is 0 Å².